The van der Waals surface area contributed by atoms with Gasteiger partial charge >= 0.3 is 6.03 Å². The molecule has 0 bridgehead atoms. The first-order valence-corrected chi connectivity index (χ1v) is 9.19. The van der Waals surface area contributed by atoms with E-state index < -0.39 is 0 Å². The fraction of sp³-hybridized carbons (Fsp3) is 0.444. The molecule has 0 saturated carbocycles. The lowest BCUT2D eigenvalue weighted by atomic mass is 10.0. The second-order valence-corrected chi connectivity index (χ2v) is 7.48. The van der Waals surface area contributed by atoms with E-state index >= 15 is 0 Å². The zero-order chi connectivity index (χ0) is 18.0. The van der Waals surface area contributed by atoms with Crippen molar-refractivity contribution in [1.29, 1.82) is 0 Å². The van der Waals surface area contributed by atoms with E-state index in [4.69, 9.17) is 4.74 Å². The first kappa shape index (κ1) is 17.7. The zero-order valence-electron chi connectivity index (χ0n) is 14.6. The van der Waals surface area contributed by atoms with Crippen LogP contribution in [0.4, 0.5) is 9.18 Å². The van der Waals surface area contributed by atoms with Gasteiger partial charge in [-0.3, -0.25) is 0 Å². The third-order valence-corrected chi connectivity index (χ3v) is 5.48. The molecule has 1 aromatic carbocycles. The van der Waals surface area contributed by atoms with Crippen molar-refractivity contribution in [3.05, 3.63) is 45.2 Å². The summed E-state index contributed by atoms with van der Waals surface area (Å²) in [5, 5.41) is 6.88. The van der Waals surface area contributed by atoms with Crippen LogP contribution in [0.25, 0.3) is 0 Å². The van der Waals surface area contributed by atoms with Gasteiger partial charge in [0, 0.05) is 10.4 Å². The number of urea groups is 1. The third kappa shape index (κ3) is 4.10. The number of rotatable bonds is 3. The van der Waals surface area contributed by atoms with Crippen LogP contribution in [-0.2, 0) is 0 Å². The average molecular weight is 363 g/mol. The SMILES string of the molecule is Cc1nc(C)c([C@@H](C)NC(=O)N[C@@H]2CCCOc3ccc(F)cc32)s1. The summed E-state index contributed by atoms with van der Waals surface area (Å²) in [5.74, 6) is 0.298. The molecule has 0 aliphatic carbocycles. The number of thiazole rings is 1. The third-order valence-electron chi connectivity index (χ3n) is 4.23. The van der Waals surface area contributed by atoms with Crippen molar-refractivity contribution >= 4 is 17.4 Å². The van der Waals surface area contributed by atoms with Crippen LogP contribution in [0.1, 0.15) is 53.0 Å². The van der Waals surface area contributed by atoms with Crippen LogP contribution in [0.5, 0.6) is 5.75 Å². The topological polar surface area (TPSA) is 63.2 Å². The van der Waals surface area contributed by atoms with Crippen molar-refractivity contribution in [2.45, 2.75) is 45.7 Å². The number of nitrogens with zero attached hydrogens (tertiary/aromatic N) is 1. The number of benzene rings is 1. The summed E-state index contributed by atoms with van der Waals surface area (Å²) in [6.45, 7) is 6.39. The zero-order valence-corrected chi connectivity index (χ0v) is 15.4. The second kappa shape index (κ2) is 7.39. The van der Waals surface area contributed by atoms with Crippen LogP contribution in [0.2, 0.25) is 0 Å². The monoisotopic (exact) mass is 363 g/mol. The quantitative estimate of drug-likeness (QED) is 0.860. The molecule has 2 heterocycles. The Morgan fingerprint density at radius 3 is 2.96 bits per heavy atom. The number of nitrogens with one attached hydrogen (secondary N) is 2. The summed E-state index contributed by atoms with van der Waals surface area (Å²) in [6, 6.07) is 3.74. The summed E-state index contributed by atoms with van der Waals surface area (Å²) in [4.78, 5) is 17.9. The predicted molar refractivity (Wildman–Crippen MR) is 95.5 cm³/mol. The molecule has 2 N–H and O–H groups in total. The van der Waals surface area contributed by atoms with Gasteiger partial charge in [0.05, 0.1) is 29.4 Å². The molecule has 0 unspecified atom stereocenters. The number of aryl methyl sites for hydroxylation is 2. The molecule has 1 aliphatic rings. The maximum Gasteiger partial charge on any atom is 0.315 e. The van der Waals surface area contributed by atoms with Gasteiger partial charge in [-0.05, 0) is 51.8 Å². The van der Waals surface area contributed by atoms with Crippen LogP contribution >= 0.6 is 11.3 Å². The fourth-order valence-electron chi connectivity index (χ4n) is 3.11. The normalized spacial score (nSPS) is 17.8. The van der Waals surface area contributed by atoms with Crippen LogP contribution in [-0.4, -0.2) is 17.6 Å². The van der Waals surface area contributed by atoms with Crippen LogP contribution in [0.15, 0.2) is 18.2 Å². The summed E-state index contributed by atoms with van der Waals surface area (Å²) < 4.78 is 19.3. The lowest BCUT2D eigenvalue weighted by Crippen LogP contribution is -2.39. The number of carbonyl (C=O) groups excluding carboxylic acids is 1. The van der Waals surface area contributed by atoms with Gasteiger partial charge in [-0.1, -0.05) is 0 Å². The highest BCUT2D eigenvalue weighted by molar-refractivity contribution is 7.11. The molecule has 0 radical (unpaired) electrons. The number of aromatic nitrogens is 1. The first-order chi connectivity index (χ1) is 11.9. The summed E-state index contributed by atoms with van der Waals surface area (Å²) >= 11 is 1.58. The number of hydrogen-bond acceptors (Lipinski definition) is 4. The number of amides is 2. The van der Waals surface area contributed by atoms with E-state index in [0.717, 1.165) is 22.0 Å². The van der Waals surface area contributed by atoms with Crippen molar-refractivity contribution in [2.75, 3.05) is 6.61 Å². The maximum atomic E-state index is 13.6. The molecule has 2 amide bonds. The molecule has 25 heavy (non-hydrogen) atoms. The number of ether oxygens (including phenoxy) is 1. The van der Waals surface area contributed by atoms with Crippen molar-refractivity contribution in [1.82, 2.24) is 15.6 Å². The Labute approximate surface area is 150 Å². The minimum absolute atomic E-state index is 0.139. The maximum absolute atomic E-state index is 13.6. The minimum atomic E-state index is -0.333. The summed E-state index contributed by atoms with van der Waals surface area (Å²) in [6.07, 6.45) is 1.50. The number of carbonyl (C=O) groups is 1. The van der Waals surface area contributed by atoms with Gasteiger partial charge in [-0.2, -0.15) is 0 Å². The van der Waals surface area contributed by atoms with Crippen molar-refractivity contribution in [2.24, 2.45) is 0 Å². The molecule has 2 atom stereocenters. The van der Waals surface area contributed by atoms with Crippen LogP contribution in [0.3, 0.4) is 0 Å². The van der Waals surface area contributed by atoms with E-state index in [2.05, 4.69) is 15.6 Å². The van der Waals surface area contributed by atoms with Gasteiger partial charge in [0.2, 0.25) is 0 Å². The van der Waals surface area contributed by atoms with E-state index in [1.165, 1.54) is 12.1 Å². The van der Waals surface area contributed by atoms with E-state index in [1.54, 1.807) is 17.4 Å². The minimum Gasteiger partial charge on any atom is -0.493 e. The lowest BCUT2D eigenvalue weighted by molar-refractivity contribution is 0.233. The highest BCUT2D eigenvalue weighted by Gasteiger charge is 2.23. The average Bonchev–Trinajstić information content (AvgIpc) is 2.77. The second-order valence-electron chi connectivity index (χ2n) is 6.25. The number of hydrogen-bond donors (Lipinski definition) is 2. The number of halogens is 1. The predicted octanol–water partition coefficient (Wildman–Crippen LogP) is 4.17. The molecular formula is C18H22FN3O2S. The Morgan fingerprint density at radius 2 is 2.24 bits per heavy atom. The van der Waals surface area contributed by atoms with Crippen molar-refractivity contribution in [3.63, 3.8) is 0 Å². The van der Waals surface area contributed by atoms with Gasteiger partial charge in [0.1, 0.15) is 11.6 Å². The molecule has 7 heteroatoms. The highest BCUT2D eigenvalue weighted by Crippen LogP contribution is 2.32. The molecule has 2 aromatic rings. The highest BCUT2D eigenvalue weighted by atomic mass is 32.1. The van der Waals surface area contributed by atoms with E-state index in [-0.39, 0.29) is 23.9 Å². The fourth-order valence-corrected chi connectivity index (χ4v) is 4.04. The Bertz CT molecular complexity index is 778. The van der Waals surface area contributed by atoms with E-state index in [9.17, 15) is 9.18 Å². The van der Waals surface area contributed by atoms with Gasteiger partial charge in [-0.25, -0.2) is 14.2 Å². The molecule has 1 aromatic heterocycles. The standard InChI is InChI=1S/C18H22FN3O2S/c1-10-17(25-12(3)20-10)11(2)21-18(23)22-15-5-4-8-24-16-7-6-13(19)9-14(15)16/h6-7,9,11,15H,4-5,8H2,1-3H3,(H2,21,22,23)/t11-,15-/m1/s1. The Kier molecular flexibility index (Phi) is 5.22. The molecule has 0 saturated heterocycles. The Hall–Kier alpha value is -2.15. The molecule has 5 nitrogen and oxygen atoms in total. The molecule has 3 rings (SSSR count). The van der Waals surface area contributed by atoms with E-state index in [0.29, 0.717) is 24.3 Å². The molecule has 1 aliphatic heterocycles. The van der Waals surface area contributed by atoms with E-state index in [1.807, 2.05) is 20.8 Å². The van der Waals surface area contributed by atoms with Gasteiger partial charge < -0.3 is 15.4 Å². The molecule has 134 valence electrons. The Morgan fingerprint density at radius 1 is 1.44 bits per heavy atom. The van der Waals surface area contributed by atoms with Crippen molar-refractivity contribution in [3.8, 4) is 5.75 Å². The molecule has 0 fully saturated rings. The van der Waals surface area contributed by atoms with Crippen LogP contribution in [0, 0.1) is 19.7 Å². The summed E-state index contributed by atoms with van der Waals surface area (Å²) in [7, 11) is 0. The van der Waals surface area contributed by atoms with Crippen molar-refractivity contribution < 1.29 is 13.9 Å². The summed E-state index contributed by atoms with van der Waals surface area (Å²) in [5.41, 5.74) is 1.62. The first-order valence-electron chi connectivity index (χ1n) is 8.37. The Balaban J connectivity index is 1.70. The van der Waals surface area contributed by atoms with Crippen LogP contribution < -0.4 is 15.4 Å². The smallest absolute Gasteiger partial charge is 0.315 e. The van der Waals surface area contributed by atoms with Gasteiger partial charge in [0.25, 0.3) is 0 Å². The molecular weight excluding hydrogens is 341 g/mol. The molecule has 0 spiro atoms. The lowest BCUT2D eigenvalue weighted by Gasteiger charge is -2.21. The number of fused-ring (bicyclic) bond motifs is 1. The largest absolute Gasteiger partial charge is 0.493 e. The van der Waals surface area contributed by atoms with Gasteiger partial charge in [0.15, 0.2) is 0 Å². The van der Waals surface area contributed by atoms with Gasteiger partial charge in [-0.15, -0.1) is 11.3 Å².